The number of amides is 2. The van der Waals surface area contributed by atoms with Gasteiger partial charge in [-0.15, -0.1) is 0 Å². The lowest BCUT2D eigenvalue weighted by Gasteiger charge is -2.20. The molecule has 2 aliphatic carbocycles. The summed E-state index contributed by atoms with van der Waals surface area (Å²) in [5.41, 5.74) is 1.47. The summed E-state index contributed by atoms with van der Waals surface area (Å²) in [7, 11) is 0. The van der Waals surface area contributed by atoms with E-state index < -0.39 is 0 Å². The van der Waals surface area contributed by atoms with Crippen LogP contribution in [0.4, 0.5) is 11.4 Å². The average Bonchev–Trinajstić information content (AvgIpc) is 3.00. The van der Waals surface area contributed by atoms with Gasteiger partial charge in [0, 0.05) is 24.2 Å². The van der Waals surface area contributed by atoms with E-state index in [1.807, 2.05) is 18.2 Å². The zero-order valence-electron chi connectivity index (χ0n) is 11.7. The van der Waals surface area contributed by atoms with Gasteiger partial charge in [0.05, 0.1) is 0 Å². The molecule has 106 valence electrons. The lowest BCUT2D eigenvalue weighted by atomic mass is 9.88. The third kappa shape index (κ3) is 2.69. The normalized spacial score (nSPS) is 27.4. The smallest absolute Gasteiger partial charge is 0.227 e. The van der Waals surface area contributed by atoms with Crippen molar-refractivity contribution >= 4 is 23.2 Å². The Hall–Kier alpha value is -1.84. The van der Waals surface area contributed by atoms with Crippen LogP contribution in [0.15, 0.2) is 24.3 Å². The van der Waals surface area contributed by atoms with Crippen LogP contribution in [-0.2, 0) is 9.59 Å². The molecule has 3 atom stereocenters. The molecule has 20 heavy (non-hydrogen) atoms. The molecule has 0 saturated heterocycles. The fourth-order valence-electron chi connectivity index (χ4n) is 3.68. The van der Waals surface area contributed by atoms with Gasteiger partial charge in [0.25, 0.3) is 0 Å². The Kier molecular flexibility index (Phi) is 3.47. The van der Waals surface area contributed by atoms with E-state index in [1.165, 1.54) is 26.2 Å². The fraction of sp³-hybridized carbons (Fsp3) is 0.500. The molecule has 0 aliphatic heterocycles. The Labute approximate surface area is 118 Å². The molecule has 4 nitrogen and oxygen atoms in total. The highest BCUT2D eigenvalue weighted by molar-refractivity contribution is 5.94. The van der Waals surface area contributed by atoms with Crippen LogP contribution in [0.1, 0.15) is 32.6 Å². The molecule has 0 spiro atoms. The van der Waals surface area contributed by atoms with Crippen LogP contribution in [-0.4, -0.2) is 11.8 Å². The van der Waals surface area contributed by atoms with E-state index in [4.69, 9.17) is 0 Å². The van der Waals surface area contributed by atoms with Gasteiger partial charge in [0.2, 0.25) is 11.8 Å². The molecule has 0 radical (unpaired) electrons. The number of nitrogens with one attached hydrogen (secondary N) is 2. The number of benzene rings is 1. The van der Waals surface area contributed by atoms with Gasteiger partial charge in [-0.1, -0.05) is 12.5 Å². The Morgan fingerprint density at radius 2 is 1.85 bits per heavy atom. The third-order valence-corrected chi connectivity index (χ3v) is 4.53. The second-order valence-corrected chi connectivity index (χ2v) is 6.03. The topological polar surface area (TPSA) is 58.2 Å². The monoisotopic (exact) mass is 272 g/mol. The van der Waals surface area contributed by atoms with Crippen molar-refractivity contribution in [2.75, 3.05) is 10.6 Å². The highest BCUT2D eigenvalue weighted by Crippen LogP contribution is 2.48. The number of fused-ring (bicyclic) bond motifs is 2. The maximum Gasteiger partial charge on any atom is 0.227 e. The number of hydrogen-bond acceptors (Lipinski definition) is 2. The van der Waals surface area contributed by atoms with Gasteiger partial charge in [0.1, 0.15) is 0 Å². The van der Waals surface area contributed by atoms with Gasteiger partial charge in [0.15, 0.2) is 0 Å². The van der Waals surface area contributed by atoms with Crippen LogP contribution >= 0.6 is 0 Å². The van der Waals surface area contributed by atoms with Crippen molar-refractivity contribution < 1.29 is 9.59 Å². The number of rotatable bonds is 3. The summed E-state index contributed by atoms with van der Waals surface area (Å²) in [4.78, 5) is 23.4. The Bertz CT molecular complexity index is 541. The largest absolute Gasteiger partial charge is 0.326 e. The summed E-state index contributed by atoms with van der Waals surface area (Å²) >= 11 is 0. The number of carbonyl (C=O) groups excluding carboxylic acids is 2. The van der Waals surface area contributed by atoms with Crippen molar-refractivity contribution in [3.8, 4) is 0 Å². The molecule has 2 aliphatic rings. The van der Waals surface area contributed by atoms with Crippen LogP contribution < -0.4 is 10.6 Å². The molecular weight excluding hydrogens is 252 g/mol. The number of anilines is 2. The van der Waals surface area contributed by atoms with Gasteiger partial charge in [-0.25, -0.2) is 0 Å². The fourth-order valence-corrected chi connectivity index (χ4v) is 3.68. The predicted molar refractivity (Wildman–Crippen MR) is 78.3 cm³/mol. The minimum atomic E-state index is -0.110. The number of carbonyl (C=O) groups is 2. The summed E-state index contributed by atoms with van der Waals surface area (Å²) in [5.74, 6) is 1.55. The lowest BCUT2D eigenvalue weighted by molar-refractivity contribution is -0.121. The summed E-state index contributed by atoms with van der Waals surface area (Å²) in [6.45, 7) is 1.47. The standard InChI is InChI=1S/C16H20N2O2/c1-10(19)17-13-3-2-4-14(9-13)18-16(20)15-8-11-5-6-12(15)7-11/h2-4,9,11-12,15H,5-8H2,1H3,(H,17,19)(H,18,20)/t11-,12+,15+/m1/s1. The first-order chi connectivity index (χ1) is 9.61. The van der Waals surface area contributed by atoms with Gasteiger partial charge in [-0.2, -0.15) is 0 Å². The van der Waals surface area contributed by atoms with Crippen molar-refractivity contribution in [1.29, 1.82) is 0 Å². The van der Waals surface area contributed by atoms with Gasteiger partial charge in [-0.05, 0) is 49.3 Å². The van der Waals surface area contributed by atoms with Crippen LogP contribution in [0.2, 0.25) is 0 Å². The highest BCUT2D eigenvalue weighted by atomic mass is 16.2. The first-order valence-corrected chi connectivity index (χ1v) is 7.30. The molecule has 4 heteroatoms. The predicted octanol–water partition coefficient (Wildman–Crippen LogP) is 3.02. The maximum atomic E-state index is 12.3. The summed E-state index contributed by atoms with van der Waals surface area (Å²) < 4.78 is 0. The summed E-state index contributed by atoms with van der Waals surface area (Å²) in [6.07, 6.45) is 4.77. The maximum absolute atomic E-state index is 12.3. The second-order valence-electron chi connectivity index (χ2n) is 6.03. The van der Waals surface area contributed by atoms with E-state index in [1.54, 1.807) is 6.07 Å². The second kappa shape index (κ2) is 5.27. The molecule has 2 saturated carbocycles. The van der Waals surface area contributed by atoms with E-state index in [0.717, 1.165) is 18.0 Å². The molecule has 2 N–H and O–H groups in total. The zero-order chi connectivity index (χ0) is 14.1. The van der Waals surface area contributed by atoms with Crippen molar-refractivity contribution in [1.82, 2.24) is 0 Å². The van der Waals surface area contributed by atoms with Gasteiger partial charge < -0.3 is 10.6 Å². The molecule has 0 unspecified atom stereocenters. The Morgan fingerprint density at radius 1 is 1.10 bits per heavy atom. The van der Waals surface area contributed by atoms with Gasteiger partial charge in [-0.3, -0.25) is 9.59 Å². The van der Waals surface area contributed by atoms with Crippen LogP contribution in [0.5, 0.6) is 0 Å². The molecule has 2 bridgehead atoms. The first kappa shape index (κ1) is 13.2. The van der Waals surface area contributed by atoms with E-state index >= 15 is 0 Å². The van der Waals surface area contributed by atoms with Crippen LogP contribution in [0.3, 0.4) is 0 Å². The summed E-state index contributed by atoms with van der Waals surface area (Å²) in [6, 6.07) is 7.30. The molecular formula is C16H20N2O2. The minimum absolute atomic E-state index is 0.110. The molecule has 2 amide bonds. The quantitative estimate of drug-likeness (QED) is 0.888. The minimum Gasteiger partial charge on any atom is -0.326 e. The van der Waals surface area contributed by atoms with Crippen molar-refractivity contribution in [3.63, 3.8) is 0 Å². The van der Waals surface area contributed by atoms with E-state index in [2.05, 4.69) is 10.6 Å². The molecule has 2 fully saturated rings. The third-order valence-electron chi connectivity index (χ3n) is 4.53. The lowest BCUT2D eigenvalue weighted by Crippen LogP contribution is -2.27. The first-order valence-electron chi connectivity index (χ1n) is 7.30. The van der Waals surface area contributed by atoms with E-state index in [-0.39, 0.29) is 17.7 Å². The molecule has 1 aromatic rings. The molecule has 0 heterocycles. The van der Waals surface area contributed by atoms with Crippen molar-refractivity contribution in [2.24, 2.45) is 17.8 Å². The highest BCUT2D eigenvalue weighted by Gasteiger charge is 2.42. The Balaban J connectivity index is 1.65. The van der Waals surface area contributed by atoms with Crippen LogP contribution in [0, 0.1) is 17.8 Å². The average molecular weight is 272 g/mol. The van der Waals surface area contributed by atoms with Crippen LogP contribution in [0.25, 0.3) is 0 Å². The molecule has 3 rings (SSSR count). The van der Waals surface area contributed by atoms with E-state index in [9.17, 15) is 9.59 Å². The van der Waals surface area contributed by atoms with Crippen molar-refractivity contribution in [2.45, 2.75) is 32.6 Å². The zero-order valence-corrected chi connectivity index (χ0v) is 11.7. The number of hydrogen-bond donors (Lipinski definition) is 2. The summed E-state index contributed by atoms with van der Waals surface area (Å²) in [5, 5.41) is 5.72. The molecule has 0 aromatic heterocycles. The van der Waals surface area contributed by atoms with Crippen molar-refractivity contribution in [3.05, 3.63) is 24.3 Å². The molecule has 1 aromatic carbocycles. The van der Waals surface area contributed by atoms with Gasteiger partial charge >= 0.3 is 0 Å². The van der Waals surface area contributed by atoms with E-state index in [0.29, 0.717) is 11.6 Å². The Morgan fingerprint density at radius 3 is 2.45 bits per heavy atom. The SMILES string of the molecule is CC(=O)Nc1cccc(NC(=O)[C@H]2C[C@@H]3CC[C@H]2C3)c1.